The molecular formula is C9H18N2O. The van der Waals surface area contributed by atoms with Crippen molar-refractivity contribution in [3.05, 3.63) is 0 Å². The molecule has 3 heteroatoms. The zero-order valence-electron chi connectivity index (χ0n) is 7.97. The van der Waals surface area contributed by atoms with Crippen molar-refractivity contribution >= 4 is 5.91 Å². The molecule has 0 aromatic rings. The van der Waals surface area contributed by atoms with Gasteiger partial charge in [-0.15, -0.1) is 0 Å². The average molecular weight is 170 g/mol. The summed E-state index contributed by atoms with van der Waals surface area (Å²) in [4.78, 5) is 13.5. The molecule has 1 aliphatic heterocycles. The molecule has 1 N–H and O–H groups in total. The molecule has 0 bridgehead atoms. The van der Waals surface area contributed by atoms with Gasteiger partial charge in [-0.3, -0.25) is 4.79 Å². The monoisotopic (exact) mass is 170 g/mol. The van der Waals surface area contributed by atoms with Crippen LogP contribution < -0.4 is 5.32 Å². The van der Waals surface area contributed by atoms with Crippen LogP contribution in [0, 0.1) is 0 Å². The first-order chi connectivity index (χ1) is 5.75. The third kappa shape index (κ3) is 2.21. The van der Waals surface area contributed by atoms with Crippen molar-refractivity contribution in [3.8, 4) is 0 Å². The van der Waals surface area contributed by atoms with Gasteiger partial charge in [0.25, 0.3) is 0 Å². The lowest BCUT2D eigenvalue weighted by Crippen LogP contribution is -2.45. The second-order valence-electron chi connectivity index (χ2n) is 3.46. The fraction of sp³-hybridized carbons (Fsp3) is 0.889. The molecule has 1 saturated heterocycles. The molecule has 1 unspecified atom stereocenters. The highest BCUT2D eigenvalue weighted by Crippen LogP contribution is 2.15. The molecule has 0 radical (unpaired) electrons. The minimum atomic E-state index is 0.240. The molecule has 0 saturated carbocycles. The second-order valence-corrected chi connectivity index (χ2v) is 3.46. The van der Waals surface area contributed by atoms with Crippen molar-refractivity contribution in [3.63, 3.8) is 0 Å². The number of hydrogen-bond acceptors (Lipinski definition) is 2. The Morgan fingerprint density at radius 1 is 1.58 bits per heavy atom. The van der Waals surface area contributed by atoms with Crippen molar-refractivity contribution in [1.82, 2.24) is 10.2 Å². The van der Waals surface area contributed by atoms with Gasteiger partial charge in [-0.1, -0.05) is 0 Å². The maximum Gasteiger partial charge on any atom is 0.236 e. The predicted molar refractivity (Wildman–Crippen MR) is 49.0 cm³/mol. The van der Waals surface area contributed by atoms with Gasteiger partial charge in [0.1, 0.15) is 0 Å². The van der Waals surface area contributed by atoms with Gasteiger partial charge in [-0.2, -0.15) is 0 Å². The SMILES string of the molecule is CNCC(=O)N1CCCCC1C. The quantitative estimate of drug-likeness (QED) is 0.658. The molecule has 0 aromatic carbocycles. The summed E-state index contributed by atoms with van der Waals surface area (Å²) in [6.07, 6.45) is 3.60. The first kappa shape index (κ1) is 9.52. The summed E-state index contributed by atoms with van der Waals surface area (Å²) in [5.41, 5.74) is 0. The van der Waals surface area contributed by atoms with Crippen LogP contribution in [0.1, 0.15) is 26.2 Å². The van der Waals surface area contributed by atoms with E-state index < -0.39 is 0 Å². The van der Waals surface area contributed by atoms with E-state index >= 15 is 0 Å². The van der Waals surface area contributed by atoms with E-state index in [9.17, 15) is 4.79 Å². The number of amides is 1. The number of carbonyl (C=O) groups excluding carboxylic acids is 1. The maximum atomic E-state index is 11.5. The smallest absolute Gasteiger partial charge is 0.236 e. The predicted octanol–water partition coefficient (Wildman–Crippen LogP) is 0.607. The molecule has 1 heterocycles. The fourth-order valence-corrected chi connectivity index (χ4v) is 1.72. The van der Waals surface area contributed by atoms with Crippen molar-refractivity contribution in [2.24, 2.45) is 0 Å². The van der Waals surface area contributed by atoms with E-state index in [1.54, 1.807) is 0 Å². The number of hydrogen-bond donors (Lipinski definition) is 1. The Balaban J connectivity index is 2.42. The molecule has 0 aromatic heterocycles. The number of carbonyl (C=O) groups is 1. The van der Waals surface area contributed by atoms with Crippen LogP contribution >= 0.6 is 0 Å². The Hall–Kier alpha value is -0.570. The molecular weight excluding hydrogens is 152 g/mol. The van der Waals surface area contributed by atoms with Crippen LogP contribution in [-0.2, 0) is 4.79 Å². The van der Waals surface area contributed by atoms with E-state index in [-0.39, 0.29) is 5.91 Å². The lowest BCUT2D eigenvalue weighted by molar-refractivity contribution is -0.133. The molecule has 1 amide bonds. The van der Waals surface area contributed by atoms with E-state index in [4.69, 9.17) is 0 Å². The van der Waals surface area contributed by atoms with Gasteiger partial charge in [0, 0.05) is 12.6 Å². The first-order valence-corrected chi connectivity index (χ1v) is 4.69. The Bertz CT molecular complexity index is 159. The molecule has 0 aliphatic carbocycles. The molecule has 3 nitrogen and oxygen atoms in total. The van der Waals surface area contributed by atoms with Gasteiger partial charge in [-0.25, -0.2) is 0 Å². The van der Waals surface area contributed by atoms with E-state index in [0.717, 1.165) is 13.0 Å². The van der Waals surface area contributed by atoms with Crippen LogP contribution in [-0.4, -0.2) is 37.0 Å². The highest BCUT2D eigenvalue weighted by molar-refractivity contribution is 5.78. The number of rotatable bonds is 2. The standard InChI is InChI=1S/C9H18N2O/c1-8-5-3-4-6-11(8)9(12)7-10-2/h8,10H,3-7H2,1-2H3. The molecule has 1 atom stereocenters. The van der Waals surface area contributed by atoms with E-state index in [1.165, 1.54) is 12.8 Å². The van der Waals surface area contributed by atoms with E-state index in [2.05, 4.69) is 12.2 Å². The Kier molecular flexibility index (Phi) is 3.53. The molecule has 1 fully saturated rings. The van der Waals surface area contributed by atoms with Crippen molar-refractivity contribution < 1.29 is 4.79 Å². The highest BCUT2D eigenvalue weighted by atomic mass is 16.2. The van der Waals surface area contributed by atoms with Gasteiger partial charge >= 0.3 is 0 Å². The minimum absolute atomic E-state index is 0.240. The van der Waals surface area contributed by atoms with Gasteiger partial charge in [0.2, 0.25) is 5.91 Å². The molecule has 70 valence electrons. The Labute approximate surface area is 74.1 Å². The summed E-state index contributed by atoms with van der Waals surface area (Å²) in [5, 5.41) is 2.89. The number of nitrogens with one attached hydrogen (secondary N) is 1. The summed E-state index contributed by atoms with van der Waals surface area (Å²) in [5.74, 6) is 0.240. The van der Waals surface area contributed by atoms with Crippen molar-refractivity contribution in [1.29, 1.82) is 0 Å². The van der Waals surface area contributed by atoms with E-state index in [0.29, 0.717) is 12.6 Å². The number of likely N-dealkylation sites (N-methyl/N-ethyl adjacent to an activating group) is 1. The number of likely N-dealkylation sites (tertiary alicyclic amines) is 1. The van der Waals surface area contributed by atoms with Crippen LogP contribution in [0.25, 0.3) is 0 Å². The molecule has 12 heavy (non-hydrogen) atoms. The largest absolute Gasteiger partial charge is 0.339 e. The highest BCUT2D eigenvalue weighted by Gasteiger charge is 2.21. The number of nitrogens with zero attached hydrogens (tertiary/aromatic N) is 1. The summed E-state index contributed by atoms with van der Waals surface area (Å²) >= 11 is 0. The summed E-state index contributed by atoms with van der Waals surface area (Å²) in [6, 6.07) is 0.444. The number of piperidine rings is 1. The van der Waals surface area contributed by atoms with Gasteiger partial charge < -0.3 is 10.2 Å². The lowest BCUT2D eigenvalue weighted by atomic mass is 10.0. The van der Waals surface area contributed by atoms with Crippen LogP contribution in [0.5, 0.6) is 0 Å². The zero-order valence-corrected chi connectivity index (χ0v) is 7.97. The van der Waals surface area contributed by atoms with Crippen LogP contribution in [0.15, 0.2) is 0 Å². The van der Waals surface area contributed by atoms with Crippen molar-refractivity contribution in [2.75, 3.05) is 20.1 Å². The lowest BCUT2D eigenvalue weighted by Gasteiger charge is -2.33. The van der Waals surface area contributed by atoms with Crippen LogP contribution in [0.2, 0.25) is 0 Å². The average Bonchev–Trinajstić information content (AvgIpc) is 2.05. The molecule has 0 spiro atoms. The molecule has 1 aliphatic rings. The van der Waals surface area contributed by atoms with Crippen molar-refractivity contribution in [2.45, 2.75) is 32.2 Å². The maximum absolute atomic E-state index is 11.5. The topological polar surface area (TPSA) is 32.3 Å². The van der Waals surface area contributed by atoms with Gasteiger partial charge in [0.15, 0.2) is 0 Å². The second kappa shape index (κ2) is 4.45. The minimum Gasteiger partial charge on any atom is -0.339 e. The third-order valence-corrected chi connectivity index (χ3v) is 2.45. The normalized spacial score (nSPS) is 24.2. The Morgan fingerprint density at radius 2 is 2.33 bits per heavy atom. The summed E-state index contributed by atoms with van der Waals surface area (Å²) in [7, 11) is 1.81. The summed E-state index contributed by atoms with van der Waals surface area (Å²) < 4.78 is 0. The van der Waals surface area contributed by atoms with Crippen LogP contribution in [0.3, 0.4) is 0 Å². The zero-order chi connectivity index (χ0) is 8.97. The molecule has 1 rings (SSSR count). The van der Waals surface area contributed by atoms with E-state index in [1.807, 2.05) is 11.9 Å². The first-order valence-electron chi connectivity index (χ1n) is 4.69. The third-order valence-electron chi connectivity index (χ3n) is 2.45. The van der Waals surface area contributed by atoms with Gasteiger partial charge in [-0.05, 0) is 33.2 Å². The summed E-state index contributed by atoms with van der Waals surface area (Å²) in [6.45, 7) is 3.55. The van der Waals surface area contributed by atoms with Gasteiger partial charge in [0.05, 0.1) is 6.54 Å². The van der Waals surface area contributed by atoms with Crippen LogP contribution in [0.4, 0.5) is 0 Å². The Morgan fingerprint density at radius 3 is 2.92 bits per heavy atom. The fourth-order valence-electron chi connectivity index (χ4n) is 1.72.